The SMILES string of the molecule is CC1(C)COCCN1Cc1cc(F)cc(C(F)(F)F)c1.O=C1NCc2ccccc21. The molecule has 0 unspecified atom stereocenters. The van der Waals surface area contributed by atoms with Gasteiger partial charge in [0.2, 0.25) is 0 Å². The van der Waals surface area contributed by atoms with Crippen molar-refractivity contribution in [3.8, 4) is 0 Å². The summed E-state index contributed by atoms with van der Waals surface area (Å²) in [5.74, 6) is -0.809. The Bertz CT molecular complexity index is 912. The molecule has 0 atom stereocenters. The van der Waals surface area contributed by atoms with Crippen molar-refractivity contribution in [2.45, 2.75) is 38.7 Å². The Kier molecular flexibility index (Phi) is 6.47. The first kappa shape index (κ1) is 22.2. The standard InChI is InChI=1S/C14H17F4NO.C8H7NO/c1-13(2)9-20-4-3-19(13)8-10-5-11(14(16,17)18)7-12(15)6-10;10-8-7-4-2-1-3-6(7)5-9-8/h5-7H,3-4,8-9H2,1-2H3;1-4H,5H2,(H,9,10). The molecule has 8 heteroatoms. The van der Waals surface area contributed by atoms with Crippen LogP contribution >= 0.6 is 0 Å². The van der Waals surface area contributed by atoms with Gasteiger partial charge in [0.1, 0.15) is 5.82 Å². The van der Waals surface area contributed by atoms with E-state index in [0.717, 1.165) is 23.3 Å². The molecule has 1 N–H and O–H groups in total. The van der Waals surface area contributed by atoms with Crippen molar-refractivity contribution in [2.24, 2.45) is 0 Å². The minimum Gasteiger partial charge on any atom is -0.378 e. The van der Waals surface area contributed by atoms with E-state index >= 15 is 0 Å². The van der Waals surface area contributed by atoms with E-state index in [-0.39, 0.29) is 18.0 Å². The van der Waals surface area contributed by atoms with Crippen molar-refractivity contribution in [3.05, 3.63) is 70.5 Å². The second kappa shape index (κ2) is 8.73. The summed E-state index contributed by atoms with van der Waals surface area (Å²) in [6.07, 6.45) is -4.53. The number of hydrogen-bond donors (Lipinski definition) is 1. The minimum absolute atomic E-state index is 0.0515. The maximum Gasteiger partial charge on any atom is 0.416 e. The van der Waals surface area contributed by atoms with Crippen molar-refractivity contribution in [1.29, 1.82) is 0 Å². The number of rotatable bonds is 2. The third-order valence-electron chi connectivity index (χ3n) is 5.18. The number of benzene rings is 2. The largest absolute Gasteiger partial charge is 0.416 e. The van der Waals surface area contributed by atoms with Gasteiger partial charge in [-0.15, -0.1) is 0 Å². The van der Waals surface area contributed by atoms with E-state index in [9.17, 15) is 22.4 Å². The summed E-state index contributed by atoms with van der Waals surface area (Å²) >= 11 is 0. The molecular formula is C22H24F4N2O2. The molecule has 2 aliphatic heterocycles. The van der Waals surface area contributed by atoms with Gasteiger partial charge < -0.3 is 10.1 Å². The van der Waals surface area contributed by atoms with Crippen LogP contribution in [0, 0.1) is 5.82 Å². The van der Waals surface area contributed by atoms with Crippen molar-refractivity contribution in [2.75, 3.05) is 19.8 Å². The Morgan fingerprint density at radius 3 is 2.57 bits per heavy atom. The summed E-state index contributed by atoms with van der Waals surface area (Å²) < 4.78 is 56.8. The highest BCUT2D eigenvalue weighted by Gasteiger charge is 2.33. The molecule has 30 heavy (non-hydrogen) atoms. The number of nitrogens with one attached hydrogen (secondary N) is 1. The minimum atomic E-state index is -4.53. The van der Waals surface area contributed by atoms with Gasteiger partial charge in [0.15, 0.2) is 0 Å². The highest BCUT2D eigenvalue weighted by atomic mass is 19.4. The highest BCUT2D eigenvalue weighted by molar-refractivity contribution is 5.98. The summed E-state index contributed by atoms with van der Waals surface area (Å²) in [7, 11) is 0. The number of morpholine rings is 1. The lowest BCUT2D eigenvalue weighted by atomic mass is 10.0. The third-order valence-corrected chi connectivity index (χ3v) is 5.18. The molecule has 0 aromatic heterocycles. The lowest BCUT2D eigenvalue weighted by Crippen LogP contribution is -2.52. The van der Waals surface area contributed by atoms with Gasteiger partial charge in [-0.05, 0) is 49.2 Å². The molecule has 0 saturated carbocycles. The molecule has 4 rings (SSSR count). The summed E-state index contributed by atoms with van der Waals surface area (Å²) in [6, 6.07) is 10.3. The van der Waals surface area contributed by atoms with Gasteiger partial charge in [0, 0.05) is 30.7 Å². The van der Waals surface area contributed by atoms with E-state index in [1.54, 1.807) is 0 Å². The van der Waals surface area contributed by atoms with Crippen LogP contribution in [0.1, 0.15) is 40.9 Å². The molecule has 2 heterocycles. The lowest BCUT2D eigenvalue weighted by molar-refractivity contribution is -0.137. The van der Waals surface area contributed by atoms with Crippen LogP contribution in [0.4, 0.5) is 17.6 Å². The number of fused-ring (bicyclic) bond motifs is 1. The fourth-order valence-electron chi connectivity index (χ4n) is 3.48. The van der Waals surface area contributed by atoms with Crippen LogP contribution in [0.2, 0.25) is 0 Å². The zero-order valence-corrected chi connectivity index (χ0v) is 16.9. The summed E-state index contributed by atoms with van der Waals surface area (Å²) in [4.78, 5) is 13.0. The van der Waals surface area contributed by atoms with E-state index < -0.39 is 17.6 Å². The van der Waals surface area contributed by atoms with Gasteiger partial charge in [0.25, 0.3) is 5.91 Å². The summed E-state index contributed by atoms with van der Waals surface area (Å²) in [6.45, 7) is 6.53. The first-order valence-electron chi connectivity index (χ1n) is 9.62. The normalized spacial score (nSPS) is 18.3. The Morgan fingerprint density at radius 2 is 1.90 bits per heavy atom. The quantitative estimate of drug-likeness (QED) is 0.728. The zero-order chi connectivity index (χ0) is 21.9. The number of hydrogen-bond acceptors (Lipinski definition) is 3. The molecule has 1 fully saturated rings. The Morgan fingerprint density at radius 1 is 1.17 bits per heavy atom. The van der Waals surface area contributed by atoms with Crippen LogP contribution in [-0.4, -0.2) is 36.1 Å². The Balaban J connectivity index is 0.000000212. The van der Waals surface area contributed by atoms with E-state index in [4.69, 9.17) is 4.74 Å². The van der Waals surface area contributed by atoms with E-state index in [2.05, 4.69) is 5.32 Å². The van der Waals surface area contributed by atoms with Crippen molar-refractivity contribution >= 4 is 5.91 Å². The number of ether oxygens (including phenoxy) is 1. The molecule has 4 nitrogen and oxygen atoms in total. The van der Waals surface area contributed by atoms with Crippen LogP contribution in [0.25, 0.3) is 0 Å². The first-order valence-corrected chi connectivity index (χ1v) is 9.62. The number of amides is 1. The molecule has 0 bridgehead atoms. The van der Waals surface area contributed by atoms with Gasteiger partial charge in [0.05, 0.1) is 18.8 Å². The zero-order valence-electron chi connectivity index (χ0n) is 16.9. The van der Waals surface area contributed by atoms with Gasteiger partial charge in [-0.1, -0.05) is 18.2 Å². The van der Waals surface area contributed by atoms with Crippen LogP contribution in [0.3, 0.4) is 0 Å². The molecule has 2 aliphatic rings. The molecule has 0 aliphatic carbocycles. The maximum absolute atomic E-state index is 13.4. The van der Waals surface area contributed by atoms with Gasteiger partial charge in [-0.3, -0.25) is 9.69 Å². The molecule has 0 spiro atoms. The van der Waals surface area contributed by atoms with Crippen molar-refractivity contribution in [1.82, 2.24) is 10.2 Å². The van der Waals surface area contributed by atoms with Crippen molar-refractivity contribution < 1.29 is 27.1 Å². The van der Waals surface area contributed by atoms with Crippen LogP contribution < -0.4 is 5.32 Å². The molecule has 1 saturated heterocycles. The average Bonchev–Trinajstić information content (AvgIpc) is 3.04. The Hall–Kier alpha value is -2.45. The molecule has 2 aromatic carbocycles. The second-order valence-electron chi connectivity index (χ2n) is 7.97. The number of nitrogens with zero attached hydrogens (tertiary/aromatic N) is 1. The number of carbonyl (C=O) groups excluding carboxylic acids is 1. The van der Waals surface area contributed by atoms with E-state index in [1.807, 2.05) is 43.0 Å². The van der Waals surface area contributed by atoms with Crippen LogP contribution in [0.5, 0.6) is 0 Å². The number of alkyl halides is 3. The number of carbonyl (C=O) groups is 1. The van der Waals surface area contributed by atoms with E-state index in [1.165, 1.54) is 0 Å². The number of halogens is 4. The maximum atomic E-state index is 13.4. The van der Waals surface area contributed by atoms with E-state index in [0.29, 0.717) is 37.9 Å². The Labute approximate surface area is 172 Å². The van der Waals surface area contributed by atoms with Crippen LogP contribution in [-0.2, 0) is 24.0 Å². The molecule has 2 aromatic rings. The van der Waals surface area contributed by atoms with Gasteiger partial charge in [-0.25, -0.2) is 4.39 Å². The predicted molar refractivity (Wildman–Crippen MR) is 104 cm³/mol. The lowest BCUT2D eigenvalue weighted by Gasteiger charge is -2.42. The molecule has 0 radical (unpaired) electrons. The fourth-order valence-corrected chi connectivity index (χ4v) is 3.48. The van der Waals surface area contributed by atoms with Crippen LogP contribution in [0.15, 0.2) is 42.5 Å². The molecular weight excluding hydrogens is 400 g/mol. The molecule has 162 valence electrons. The smallest absolute Gasteiger partial charge is 0.378 e. The second-order valence-corrected chi connectivity index (χ2v) is 7.97. The first-order chi connectivity index (χ1) is 14.1. The van der Waals surface area contributed by atoms with Gasteiger partial charge in [-0.2, -0.15) is 13.2 Å². The topological polar surface area (TPSA) is 41.6 Å². The molecule has 1 amide bonds. The van der Waals surface area contributed by atoms with Gasteiger partial charge >= 0.3 is 6.18 Å². The average molecular weight is 424 g/mol. The highest BCUT2D eigenvalue weighted by Crippen LogP contribution is 2.31. The summed E-state index contributed by atoms with van der Waals surface area (Å²) in [5.41, 5.74) is 1.03. The predicted octanol–water partition coefficient (Wildman–Crippen LogP) is 4.39. The monoisotopic (exact) mass is 424 g/mol. The van der Waals surface area contributed by atoms with Crippen molar-refractivity contribution in [3.63, 3.8) is 0 Å². The summed E-state index contributed by atoms with van der Waals surface area (Å²) in [5, 5.41) is 2.75. The third kappa shape index (κ3) is 5.37. The fraction of sp³-hybridized carbons (Fsp3) is 0.409.